The number of hydrogen-bond donors (Lipinski definition) is 2. The normalized spacial score (nSPS) is 10.6. The van der Waals surface area contributed by atoms with Crippen molar-refractivity contribution in [2.24, 2.45) is 0 Å². The van der Waals surface area contributed by atoms with Crippen LogP contribution in [-0.2, 0) is 13.1 Å². The first-order valence-electron chi connectivity index (χ1n) is 6.06. The minimum atomic E-state index is -0.399. The van der Waals surface area contributed by atoms with Gasteiger partial charge in [0.25, 0.3) is 0 Å². The van der Waals surface area contributed by atoms with Crippen molar-refractivity contribution in [2.45, 2.75) is 33.4 Å². The third-order valence-electron chi connectivity index (χ3n) is 2.71. The molecule has 0 aliphatic heterocycles. The standard InChI is InChI=1S/C11H16N6O2/c1-3-4-16-11(10(17(18)19)8(2)15-16)13-6-9-5-12-7-14-9/h5,7,13H,3-4,6H2,1-2H3,(H,12,14). The number of anilines is 1. The van der Waals surface area contributed by atoms with E-state index >= 15 is 0 Å². The molecule has 2 rings (SSSR count). The first-order chi connectivity index (χ1) is 9.13. The smallest absolute Gasteiger partial charge is 0.333 e. The van der Waals surface area contributed by atoms with Crippen molar-refractivity contribution in [1.29, 1.82) is 0 Å². The van der Waals surface area contributed by atoms with Crippen molar-refractivity contribution >= 4 is 11.5 Å². The molecule has 0 aromatic carbocycles. The molecule has 0 saturated carbocycles. The summed E-state index contributed by atoms with van der Waals surface area (Å²) in [5.74, 6) is 0.443. The Kier molecular flexibility index (Phi) is 3.79. The van der Waals surface area contributed by atoms with Crippen LogP contribution >= 0.6 is 0 Å². The lowest BCUT2D eigenvalue weighted by atomic mass is 10.3. The molecule has 2 N–H and O–H groups in total. The van der Waals surface area contributed by atoms with Gasteiger partial charge < -0.3 is 10.3 Å². The van der Waals surface area contributed by atoms with Crippen molar-refractivity contribution in [2.75, 3.05) is 5.32 Å². The highest BCUT2D eigenvalue weighted by atomic mass is 16.6. The third kappa shape index (κ3) is 2.72. The van der Waals surface area contributed by atoms with Gasteiger partial charge in [0, 0.05) is 12.7 Å². The van der Waals surface area contributed by atoms with E-state index in [2.05, 4.69) is 20.4 Å². The van der Waals surface area contributed by atoms with E-state index in [-0.39, 0.29) is 5.69 Å². The van der Waals surface area contributed by atoms with E-state index in [1.165, 1.54) is 0 Å². The Bertz CT molecular complexity index is 560. The molecule has 8 heteroatoms. The quantitative estimate of drug-likeness (QED) is 0.612. The van der Waals surface area contributed by atoms with E-state index in [4.69, 9.17) is 0 Å². The molecule has 0 aliphatic rings. The van der Waals surface area contributed by atoms with Gasteiger partial charge in [0.2, 0.25) is 5.82 Å². The summed E-state index contributed by atoms with van der Waals surface area (Å²) in [6.07, 6.45) is 4.10. The molecule has 2 aromatic rings. The lowest BCUT2D eigenvalue weighted by Crippen LogP contribution is -2.09. The van der Waals surface area contributed by atoms with Crippen molar-refractivity contribution in [3.8, 4) is 0 Å². The Labute approximate surface area is 110 Å². The summed E-state index contributed by atoms with van der Waals surface area (Å²) < 4.78 is 1.64. The fourth-order valence-corrected chi connectivity index (χ4v) is 1.90. The largest absolute Gasteiger partial charge is 0.359 e. The van der Waals surface area contributed by atoms with Gasteiger partial charge >= 0.3 is 5.69 Å². The molecule has 0 atom stereocenters. The van der Waals surface area contributed by atoms with Gasteiger partial charge in [0.15, 0.2) is 0 Å². The number of aromatic nitrogens is 4. The van der Waals surface area contributed by atoms with Crippen LogP contribution in [0.2, 0.25) is 0 Å². The van der Waals surface area contributed by atoms with Crippen LogP contribution in [0.3, 0.4) is 0 Å². The number of aromatic amines is 1. The van der Waals surface area contributed by atoms with E-state index in [0.29, 0.717) is 24.6 Å². The molecule has 0 fully saturated rings. The van der Waals surface area contributed by atoms with E-state index in [1.807, 2.05) is 6.92 Å². The first-order valence-corrected chi connectivity index (χ1v) is 6.06. The lowest BCUT2D eigenvalue weighted by Gasteiger charge is -2.07. The zero-order valence-electron chi connectivity index (χ0n) is 10.9. The summed E-state index contributed by atoms with van der Waals surface area (Å²) in [4.78, 5) is 17.6. The van der Waals surface area contributed by atoms with Crippen LogP contribution in [0.4, 0.5) is 11.5 Å². The van der Waals surface area contributed by atoms with Gasteiger partial charge in [-0.15, -0.1) is 0 Å². The Morgan fingerprint density at radius 3 is 2.95 bits per heavy atom. The number of nitrogens with one attached hydrogen (secondary N) is 2. The first kappa shape index (κ1) is 13.1. The third-order valence-corrected chi connectivity index (χ3v) is 2.71. The summed E-state index contributed by atoms with van der Waals surface area (Å²) in [7, 11) is 0. The minimum absolute atomic E-state index is 0.0352. The van der Waals surface area contributed by atoms with Crippen LogP contribution in [0.5, 0.6) is 0 Å². The number of rotatable bonds is 6. The molecule has 0 radical (unpaired) electrons. The van der Waals surface area contributed by atoms with Crippen LogP contribution < -0.4 is 5.32 Å². The second-order valence-electron chi connectivity index (χ2n) is 4.19. The number of aryl methyl sites for hydroxylation is 2. The maximum Gasteiger partial charge on any atom is 0.333 e. The zero-order valence-corrected chi connectivity index (χ0v) is 10.9. The average Bonchev–Trinajstić information content (AvgIpc) is 2.95. The summed E-state index contributed by atoms with van der Waals surface area (Å²) in [6, 6.07) is 0. The van der Waals surface area contributed by atoms with Crippen LogP contribution in [0.1, 0.15) is 24.7 Å². The SMILES string of the molecule is CCCn1nc(C)c([N+](=O)[O-])c1NCc1cnc[nH]1. The average molecular weight is 264 g/mol. The molecule has 2 aromatic heterocycles. The van der Waals surface area contributed by atoms with Crippen molar-refractivity contribution in [3.05, 3.63) is 34.0 Å². The molecule has 102 valence electrons. The molecule has 2 heterocycles. The maximum absolute atomic E-state index is 11.1. The van der Waals surface area contributed by atoms with Gasteiger partial charge in [0.05, 0.1) is 23.5 Å². The molecule has 0 amide bonds. The number of imidazole rings is 1. The van der Waals surface area contributed by atoms with Crippen LogP contribution in [-0.4, -0.2) is 24.7 Å². The fourth-order valence-electron chi connectivity index (χ4n) is 1.90. The molecular formula is C11H16N6O2. The molecule has 19 heavy (non-hydrogen) atoms. The molecule has 0 aliphatic carbocycles. The number of hydrogen-bond acceptors (Lipinski definition) is 5. The second-order valence-corrected chi connectivity index (χ2v) is 4.19. The van der Waals surface area contributed by atoms with Crippen molar-refractivity contribution in [3.63, 3.8) is 0 Å². The van der Waals surface area contributed by atoms with Gasteiger partial charge in [-0.2, -0.15) is 5.10 Å². The predicted octanol–water partition coefficient (Wildman–Crippen LogP) is 1.84. The highest BCUT2D eigenvalue weighted by Gasteiger charge is 2.24. The summed E-state index contributed by atoms with van der Waals surface area (Å²) in [6.45, 7) is 4.73. The van der Waals surface area contributed by atoms with Gasteiger partial charge in [-0.25, -0.2) is 9.67 Å². The van der Waals surface area contributed by atoms with Gasteiger partial charge in [-0.1, -0.05) is 6.92 Å². The number of nitro groups is 1. The lowest BCUT2D eigenvalue weighted by molar-refractivity contribution is -0.384. The Hall–Kier alpha value is -2.38. The predicted molar refractivity (Wildman–Crippen MR) is 69.8 cm³/mol. The van der Waals surface area contributed by atoms with Gasteiger partial charge in [0.1, 0.15) is 5.69 Å². The fraction of sp³-hybridized carbons (Fsp3) is 0.455. The molecular weight excluding hydrogens is 248 g/mol. The Balaban J connectivity index is 2.27. The summed E-state index contributed by atoms with van der Waals surface area (Å²) >= 11 is 0. The van der Waals surface area contributed by atoms with E-state index < -0.39 is 4.92 Å². The molecule has 0 saturated heterocycles. The minimum Gasteiger partial charge on any atom is -0.359 e. The molecule has 0 spiro atoms. The molecule has 0 unspecified atom stereocenters. The van der Waals surface area contributed by atoms with Crippen LogP contribution in [0.25, 0.3) is 0 Å². The maximum atomic E-state index is 11.1. The van der Waals surface area contributed by atoms with E-state index in [1.54, 1.807) is 24.1 Å². The monoisotopic (exact) mass is 264 g/mol. The van der Waals surface area contributed by atoms with Crippen molar-refractivity contribution < 1.29 is 4.92 Å². The second kappa shape index (κ2) is 5.51. The van der Waals surface area contributed by atoms with E-state index in [9.17, 15) is 10.1 Å². The topological polar surface area (TPSA) is 102 Å². The highest BCUT2D eigenvalue weighted by Crippen LogP contribution is 2.28. The Morgan fingerprint density at radius 2 is 2.37 bits per heavy atom. The van der Waals surface area contributed by atoms with Gasteiger partial charge in [-0.05, 0) is 13.3 Å². The number of nitrogens with zero attached hydrogens (tertiary/aromatic N) is 4. The summed E-state index contributed by atoms with van der Waals surface area (Å²) in [5.41, 5.74) is 1.31. The van der Waals surface area contributed by atoms with E-state index in [0.717, 1.165) is 12.1 Å². The summed E-state index contributed by atoms with van der Waals surface area (Å²) in [5, 5.41) is 18.4. The molecule has 8 nitrogen and oxygen atoms in total. The van der Waals surface area contributed by atoms with Crippen LogP contribution in [0.15, 0.2) is 12.5 Å². The Morgan fingerprint density at radius 1 is 1.58 bits per heavy atom. The molecule has 0 bridgehead atoms. The zero-order chi connectivity index (χ0) is 13.8. The van der Waals surface area contributed by atoms with Crippen LogP contribution in [0, 0.1) is 17.0 Å². The number of H-pyrrole nitrogens is 1. The van der Waals surface area contributed by atoms with Gasteiger partial charge in [-0.3, -0.25) is 10.1 Å². The van der Waals surface area contributed by atoms with Crippen molar-refractivity contribution in [1.82, 2.24) is 19.7 Å². The highest BCUT2D eigenvalue weighted by molar-refractivity contribution is 5.59.